The van der Waals surface area contributed by atoms with Crippen molar-refractivity contribution in [3.05, 3.63) is 18.0 Å². The fourth-order valence-electron chi connectivity index (χ4n) is 2.07. The molecule has 0 spiro atoms. The Morgan fingerprint density at radius 3 is 2.68 bits per heavy atom. The summed E-state index contributed by atoms with van der Waals surface area (Å²) in [5, 5.41) is 11.0. The van der Waals surface area contributed by atoms with Gasteiger partial charge in [-0.2, -0.15) is 5.10 Å². The van der Waals surface area contributed by atoms with Gasteiger partial charge >= 0.3 is 0 Å². The molecule has 0 aliphatic heterocycles. The third kappa shape index (κ3) is 10.0. The lowest BCUT2D eigenvalue weighted by atomic mass is 10.1. The predicted octanol–water partition coefficient (Wildman–Crippen LogP) is 3.19. The van der Waals surface area contributed by atoms with E-state index in [4.69, 9.17) is 0 Å². The first-order valence-corrected chi connectivity index (χ1v) is 8.13. The van der Waals surface area contributed by atoms with E-state index in [1.54, 1.807) is 0 Å². The number of nitrogens with zero attached hydrogens (tertiary/aromatic N) is 3. The lowest BCUT2D eigenvalue weighted by Crippen LogP contribution is -2.38. The number of guanidine groups is 1. The van der Waals surface area contributed by atoms with Gasteiger partial charge in [-0.1, -0.05) is 13.8 Å². The first kappa shape index (κ1) is 21.2. The molecule has 0 fully saturated rings. The molecule has 0 amide bonds. The molecule has 5 nitrogen and oxygen atoms in total. The Morgan fingerprint density at radius 1 is 1.32 bits per heavy atom. The number of aromatic nitrogens is 2. The van der Waals surface area contributed by atoms with Crippen molar-refractivity contribution in [2.24, 2.45) is 10.9 Å². The Balaban J connectivity index is 0.00000441. The molecule has 0 bridgehead atoms. The molecule has 22 heavy (non-hydrogen) atoms. The highest BCUT2D eigenvalue weighted by atomic mass is 127. The van der Waals surface area contributed by atoms with Crippen molar-refractivity contribution in [3.63, 3.8) is 0 Å². The van der Waals surface area contributed by atoms with Crippen molar-refractivity contribution in [1.82, 2.24) is 20.4 Å². The predicted molar refractivity (Wildman–Crippen MR) is 105 cm³/mol. The summed E-state index contributed by atoms with van der Waals surface area (Å²) in [5.74, 6) is 1.70. The molecule has 0 aliphatic carbocycles. The molecule has 0 radical (unpaired) electrons. The van der Waals surface area contributed by atoms with Gasteiger partial charge in [-0.15, -0.1) is 24.0 Å². The fraction of sp³-hybridized carbons (Fsp3) is 0.750. The van der Waals surface area contributed by atoms with Gasteiger partial charge in [0.1, 0.15) is 0 Å². The van der Waals surface area contributed by atoms with E-state index in [2.05, 4.69) is 54.6 Å². The number of nitrogens with one attached hydrogen (secondary N) is 2. The van der Waals surface area contributed by atoms with Crippen LogP contribution in [0.25, 0.3) is 0 Å². The summed E-state index contributed by atoms with van der Waals surface area (Å²) >= 11 is 0. The first-order chi connectivity index (χ1) is 10.1. The lowest BCUT2D eigenvalue weighted by Gasteiger charge is -2.12. The molecule has 128 valence electrons. The summed E-state index contributed by atoms with van der Waals surface area (Å²) in [6.45, 7) is 12.3. The van der Waals surface area contributed by atoms with Gasteiger partial charge in [-0.25, -0.2) is 0 Å². The summed E-state index contributed by atoms with van der Waals surface area (Å²) in [4.78, 5) is 4.61. The highest BCUT2D eigenvalue weighted by Gasteiger charge is 1.98. The van der Waals surface area contributed by atoms with Crippen LogP contribution in [-0.4, -0.2) is 35.4 Å². The van der Waals surface area contributed by atoms with E-state index in [-0.39, 0.29) is 24.0 Å². The van der Waals surface area contributed by atoms with Gasteiger partial charge < -0.3 is 10.6 Å². The first-order valence-electron chi connectivity index (χ1n) is 8.13. The molecule has 0 unspecified atom stereocenters. The maximum Gasteiger partial charge on any atom is 0.191 e. The standard InChI is InChI=1S/C16H31N5.HI/c1-5-17-16(18-9-6-8-14(2)3)19-10-7-11-21-13-15(4)12-20-21;/h12-14H,5-11H2,1-4H3,(H2,17,18,19);1H. The topological polar surface area (TPSA) is 54.2 Å². The SMILES string of the molecule is CCNC(=NCCCn1cc(C)cn1)NCCCC(C)C.I. The lowest BCUT2D eigenvalue weighted by molar-refractivity contribution is 0.548. The molecular formula is C16H32IN5. The minimum atomic E-state index is 0. The van der Waals surface area contributed by atoms with Gasteiger partial charge in [0.2, 0.25) is 0 Å². The van der Waals surface area contributed by atoms with Crippen LogP contribution < -0.4 is 10.6 Å². The third-order valence-corrected chi connectivity index (χ3v) is 3.17. The Labute approximate surface area is 152 Å². The van der Waals surface area contributed by atoms with Crippen LogP contribution in [-0.2, 0) is 6.54 Å². The van der Waals surface area contributed by atoms with Gasteiger partial charge in [0.05, 0.1) is 6.20 Å². The van der Waals surface area contributed by atoms with Crippen molar-refractivity contribution >= 4 is 29.9 Å². The normalized spacial score (nSPS) is 11.4. The molecule has 1 aromatic heterocycles. The zero-order valence-corrected chi connectivity index (χ0v) is 16.8. The van der Waals surface area contributed by atoms with E-state index in [1.165, 1.54) is 18.4 Å². The maximum absolute atomic E-state index is 4.61. The van der Waals surface area contributed by atoms with E-state index in [0.717, 1.165) is 44.5 Å². The fourth-order valence-corrected chi connectivity index (χ4v) is 2.07. The molecule has 2 N–H and O–H groups in total. The summed E-state index contributed by atoms with van der Waals surface area (Å²) < 4.78 is 1.98. The van der Waals surface area contributed by atoms with Crippen LogP contribution in [0.15, 0.2) is 17.4 Å². The van der Waals surface area contributed by atoms with Crippen LogP contribution in [0.2, 0.25) is 0 Å². The minimum Gasteiger partial charge on any atom is -0.357 e. The molecule has 0 aromatic carbocycles. The molecular weight excluding hydrogens is 389 g/mol. The number of aliphatic imine (C=N–C) groups is 1. The highest BCUT2D eigenvalue weighted by Crippen LogP contribution is 2.01. The number of hydrogen-bond donors (Lipinski definition) is 2. The summed E-state index contributed by atoms with van der Waals surface area (Å²) in [5.41, 5.74) is 1.21. The van der Waals surface area contributed by atoms with Crippen molar-refractivity contribution < 1.29 is 0 Å². The molecule has 0 saturated carbocycles. The number of halogens is 1. The summed E-state index contributed by atoms with van der Waals surface area (Å²) in [6.07, 6.45) is 7.41. The van der Waals surface area contributed by atoms with E-state index in [1.807, 2.05) is 10.9 Å². The maximum atomic E-state index is 4.61. The van der Waals surface area contributed by atoms with Crippen molar-refractivity contribution in [3.8, 4) is 0 Å². The van der Waals surface area contributed by atoms with Crippen LogP contribution >= 0.6 is 24.0 Å². The van der Waals surface area contributed by atoms with Gasteiger partial charge in [0.15, 0.2) is 5.96 Å². The average molecular weight is 421 g/mol. The van der Waals surface area contributed by atoms with Crippen LogP contribution in [0, 0.1) is 12.8 Å². The summed E-state index contributed by atoms with van der Waals surface area (Å²) in [7, 11) is 0. The third-order valence-electron chi connectivity index (χ3n) is 3.17. The van der Waals surface area contributed by atoms with Crippen LogP contribution in [0.1, 0.15) is 45.6 Å². The van der Waals surface area contributed by atoms with Gasteiger partial charge in [0, 0.05) is 32.4 Å². The quantitative estimate of drug-likeness (QED) is 0.279. The van der Waals surface area contributed by atoms with Crippen LogP contribution in [0.4, 0.5) is 0 Å². The number of rotatable bonds is 9. The van der Waals surface area contributed by atoms with Crippen molar-refractivity contribution in [2.75, 3.05) is 19.6 Å². The molecule has 0 saturated heterocycles. The van der Waals surface area contributed by atoms with Gasteiger partial charge in [-0.3, -0.25) is 9.67 Å². The van der Waals surface area contributed by atoms with E-state index < -0.39 is 0 Å². The number of hydrogen-bond acceptors (Lipinski definition) is 2. The molecule has 0 atom stereocenters. The minimum absolute atomic E-state index is 0. The Morgan fingerprint density at radius 2 is 2.09 bits per heavy atom. The molecule has 0 aliphatic rings. The largest absolute Gasteiger partial charge is 0.357 e. The second-order valence-electron chi connectivity index (χ2n) is 5.86. The van der Waals surface area contributed by atoms with Crippen molar-refractivity contribution in [1.29, 1.82) is 0 Å². The zero-order valence-electron chi connectivity index (χ0n) is 14.4. The van der Waals surface area contributed by atoms with E-state index >= 15 is 0 Å². The van der Waals surface area contributed by atoms with Gasteiger partial charge in [-0.05, 0) is 44.6 Å². The van der Waals surface area contributed by atoms with Gasteiger partial charge in [0.25, 0.3) is 0 Å². The molecule has 1 rings (SSSR count). The summed E-state index contributed by atoms with van der Waals surface area (Å²) in [6, 6.07) is 0. The van der Waals surface area contributed by atoms with E-state index in [9.17, 15) is 0 Å². The number of aryl methyl sites for hydroxylation is 2. The Hall–Kier alpha value is -0.790. The molecule has 1 heterocycles. The Bertz CT molecular complexity index is 414. The monoisotopic (exact) mass is 421 g/mol. The van der Waals surface area contributed by atoms with E-state index in [0.29, 0.717) is 0 Å². The molecule has 1 aromatic rings. The van der Waals surface area contributed by atoms with Crippen LogP contribution in [0.3, 0.4) is 0 Å². The average Bonchev–Trinajstić information content (AvgIpc) is 2.85. The highest BCUT2D eigenvalue weighted by molar-refractivity contribution is 14.0. The Kier molecular flexibility index (Phi) is 12.3. The second kappa shape index (κ2) is 12.7. The molecule has 6 heteroatoms. The van der Waals surface area contributed by atoms with Crippen LogP contribution in [0.5, 0.6) is 0 Å². The smallest absolute Gasteiger partial charge is 0.191 e. The second-order valence-corrected chi connectivity index (χ2v) is 5.86. The zero-order chi connectivity index (χ0) is 15.5. The van der Waals surface area contributed by atoms with Crippen molar-refractivity contribution in [2.45, 2.75) is 53.5 Å².